The highest BCUT2D eigenvalue weighted by molar-refractivity contribution is 5.62. The molecule has 0 spiro atoms. The van der Waals surface area contributed by atoms with Crippen LogP contribution in [-0.2, 0) is 0 Å². The van der Waals surface area contributed by atoms with Crippen molar-refractivity contribution in [3.8, 4) is 22.8 Å². The molecule has 0 atom stereocenters. The average molecular weight is 277 g/mol. The quantitative estimate of drug-likeness (QED) is 0.783. The Labute approximate surface area is 122 Å². The summed E-state index contributed by atoms with van der Waals surface area (Å²) in [5.74, 6) is 0.489. The maximum absolute atomic E-state index is 11.9. The summed E-state index contributed by atoms with van der Waals surface area (Å²) in [6.45, 7) is 3.92. The minimum Gasteiger partial charge on any atom is -0.305 e. The van der Waals surface area contributed by atoms with E-state index in [0.29, 0.717) is 17.2 Å². The van der Waals surface area contributed by atoms with Gasteiger partial charge >= 0.3 is 0 Å². The van der Waals surface area contributed by atoms with Gasteiger partial charge in [0, 0.05) is 17.3 Å². The summed E-state index contributed by atoms with van der Waals surface area (Å²) < 4.78 is 0. The molecule has 0 bridgehead atoms. The number of nitrogens with one attached hydrogen (secondary N) is 1. The molecule has 0 aliphatic carbocycles. The summed E-state index contributed by atoms with van der Waals surface area (Å²) in [6.07, 6.45) is 0. The van der Waals surface area contributed by atoms with Crippen molar-refractivity contribution in [3.05, 3.63) is 70.1 Å². The van der Waals surface area contributed by atoms with Crippen LogP contribution in [0.3, 0.4) is 0 Å². The highest BCUT2D eigenvalue weighted by Crippen LogP contribution is 2.19. The molecule has 1 N–H and O–H groups in total. The Kier molecular flexibility index (Phi) is 3.36. The van der Waals surface area contributed by atoms with Crippen LogP contribution < -0.4 is 5.56 Å². The molecule has 21 heavy (non-hydrogen) atoms. The van der Waals surface area contributed by atoms with Gasteiger partial charge in [0.25, 0.3) is 5.56 Å². The number of benzene rings is 1. The number of H-pyrrole nitrogens is 1. The molecule has 0 unspecified atom stereocenters. The largest absolute Gasteiger partial charge is 0.305 e. The van der Waals surface area contributed by atoms with E-state index in [1.807, 2.05) is 56.3 Å². The zero-order valence-corrected chi connectivity index (χ0v) is 11.9. The van der Waals surface area contributed by atoms with Crippen molar-refractivity contribution in [2.45, 2.75) is 13.8 Å². The summed E-state index contributed by atoms with van der Waals surface area (Å²) in [5, 5.41) is 0. The van der Waals surface area contributed by atoms with E-state index < -0.39 is 0 Å². The topological polar surface area (TPSA) is 58.6 Å². The monoisotopic (exact) mass is 277 g/mol. The first-order chi connectivity index (χ1) is 10.1. The molecule has 4 nitrogen and oxygen atoms in total. The van der Waals surface area contributed by atoms with Gasteiger partial charge in [-0.3, -0.25) is 4.79 Å². The fraction of sp³-hybridized carbons (Fsp3) is 0.118. The van der Waals surface area contributed by atoms with Gasteiger partial charge in [0.15, 0.2) is 5.82 Å². The van der Waals surface area contributed by atoms with Crippen LogP contribution in [0.25, 0.3) is 22.8 Å². The Balaban J connectivity index is 2.15. The lowest BCUT2D eigenvalue weighted by atomic mass is 10.1. The van der Waals surface area contributed by atoms with Crippen molar-refractivity contribution >= 4 is 0 Å². The van der Waals surface area contributed by atoms with Gasteiger partial charge in [0.05, 0.1) is 5.69 Å². The van der Waals surface area contributed by atoms with E-state index in [-0.39, 0.29) is 5.56 Å². The molecule has 0 amide bonds. The molecule has 3 rings (SSSR count). The van der Waals surface area contributed by atoms with Crippen molar-refractivity contribution in [1.82, 2.24) is 15.0 Å². The lowest BCUT2D eigenvalue weighted by molar-refractivity contribution is 1.09. The normalized spacial score (nSPS) is 10.6. The summed E-state index contributed by atoms with van der Waals surface area (Å²) >= 11 is 0. The highest BCUT2D eigenvalue weighted by Gasteiger charge is 2.07. The smallest absolute Gasteiger partial charge is 0.251 e. The van der Waals surface area contributed by atoms with Crippen molar-refractivity contribution in [1.29, 1.82) is 0 Å². The third-order valence-corrected chi connectivity index (χ3v) is 3.19. The Hall–Kier alpha value is -2.75. The number of nitrogens with zero attached hydrogens (tertiary/aromatic N) is 2. The first kappa shape index (κ1) is 13.2. The van der Waals surface area contributed by atoms with Crippen LogP contribution in [-0.4, -0.2) is 15.0 Å². The molecular formula is C17H15N3O. The molecule has 0 aliphatic heterocycles. The first-order valence-electron chi connectivity index (χ1n) is 6.74. The molecule has 1 aromatic carbocycles. The van der Waals surface area contributed by atoms with E-state index in [1.54, 1.807) is 0 Å². The van der Waals surface area contributed by atoms with Crippen LogP contribution in [0.15, 0.2) is 53.3 Å². The molecule has 4 heteroatoms. The molecule has 0 saturated carbocycles. The van der Waals surface area contributed by atoms with Gasteiger partial charge in [0.2, 0.25) is 0 Å². The van der Waals surface area contributed by atoms with Crippen molar-refractivity contribution in [2.75, 3.05) is 0 Å². The minimum absolute atomic E-state index is 0.181. The zero-order valence-electron chi connectivity index (χ0n) is 11.9. The van der Waals surface area contributed by atoms with Crippen LogP contribution >= 0.6 is 0 Å². The predicted molar refractivity (Wildman–Crippen MR) is 83.0 cm³/mol. The van der Waals surface area contributed by atoms with Gasteiger partial charge in [-0.2, -0.15) is 0 Å². The standard InChI is InChI=1S/C17H15N3O/c1-11-5-3-7-13(9-11)15-10-16(21)20-17(19-15)14-8-4-6-12(2)18-14/h3-10H,1-2H3,(H,19,20,21). The van der Waals surface area contributed by atoms with E-state index in [1.165, 1.54) is 6.07 Å². The molecule has 3 aromatic rings. The van der Waals surface area contributed by atoms with E-state index in [4.69, 9.17) is 0 Å². The number of rotatable bonds is 2. The average Bonchev–Trinajstić information content (AvgIpc) is 2.46. The number of aromatic nitrogens is 3. The number of pyridine rings is 1. The van der Waals surface area contributed by atoms with Crippen molar-refractivity contribution in [3.63, 3.8) is 0 Å². The van der Waals surface area contributed by atoms with E-state index in [0.717, 1.165) is 16.8 Å². The lowest BCUT2D eigenvalue weighted by Crippen LogP contribution is -2.09. The fourth-order valence-corrected chi connectivity index (χ4v) is 2.21. The minimum atomic E-state index is -0.181. The van der Waals surface area contributed by atoms with Gasteiger partial charge in [-0.15, -0.1) is 0 Å². The second kappa shape index (κ2) is 5.32. The summed E-state index contributed by atoms with van der Waals surface area (Å²) in [6, 6.07) is 15.1. The molecule has 2 aromatic heterocycles. The molecule has 0 aliphatic rings. The summed E-state index contributed by atoms with van der Waals surface area (Å²) in [5.41, 5.74) is 4.08. The van der Waals surface area contributed by atoms with Crippen LogP contribution in [0.1, 0.15) is 11.3 Å². The third kappa shape index (κ3) is 2.89. The molecule has 0 saturated heterocycles. The van der Waals surface area contributed by atoms with Crippen LogP contribution in [0.2, 0.25) is 0 Å². The third-order valence-electron chi connectivity index (χ3n) is 3.19. The highest BCUT2D eigenvalue weighted by atomic mass is 16.1. The van der Waals surface area contributed by atoms with Crippen LogP contribution in [0.4, 0.5) is 0 Å². The molecule has 2 heterocycles. The number of hydrogen-bond donors (Lipinski definition) is 1. The van der Waals surface area contributed by atoms with E-state index >= 15 is 0 Å². The zero-order chi connectivity index (χ0) is 14.8. The van der Waals surface area contributed by atoms with Gasteiger partial charge in [-0.05, 0) is 32.0 Å². The second-order valence-corrected chi connectivity index (χ2v) is 5.01. The summed E-state index contributed by atoms with van der Waals surface area (Å²) in [7, 11) is 0. The number of aryl methyl sites for hydroxylation is 2. The van der Waals surface area contributed by atoms with Gasteiger partial charge in [-0.1, -0.05) is 29.8 Å². The molecule has 0 fully saturated rings. The molecular weight excluding hydrogens is 262 g/mol. The maximum atomic E-state index is 11.9. The van der Waals surface area contributed by atoms with E-state index in [2.05, 4.69) is 15.0 Å². The van der Waals surface area contributed by atoms with Crippen LogP contribution in [0, 0.1) is 13.8 Å². The van der Waals surface area contributed by atoms with E-state index in [9.17, 15) is 4.79 Å². The molecule has 104 valence electrons. The Morgan fingerprint density at radius 3 is 2.48 bits per heavy atom. The Bertz CT molecular complexity index is 786. The van der Waals surface area contributed by atoms with Crippen LogP contribution in [0.5, 0.6) is 0 Å². The number of aromatic amines is 1. The van der Waals surface area contributed by atoms with Gasteiger partial charge < -0.3 is 4.98 Å². The fourth-order valence-electron chi connectivity index (χ4n) is 2.21. The maximum Gasteiger partial charge on any atom is 0.251 e. The predicted octanol–water partition coefficient (Wildman–Crippen LogP) is 3.12. The molecule has 0 radical (unpaired) electrons. The first-order valence-corrected chi connectivity index (χ1v) is 6.74. The van der Waals surface area contributed by atoms with Gasteiger partial charge in [-0.25, -0.2) is 9.97 Å². The SMILES string of the molecule is Cc1cccc(-c2cc(=O)[nH]c(-c3cccc(C)n3)n2)c1. The Morgan fingerprint density at radius 1 is 0.905 bits per heavy atom. The Morgan fingerprint density at radius 2 is 1.71 bits per heavy atom. The number of hydrogen-bond acceptors (Lipinski definition) is 3. The van der Waals surface area contributed by atoms with Crippen molar-refractivity contribution < 1.29 is 0 Å². The van der Waals surface area contributed by atoms with Gasteiger partial charge in [0.1, 0.15) is 5.69 Å². The second-order valence-electron chi connectivity index (χ2n) is 5.01. The summed E-state index contributed by atoms with van der Waals surface area (Å²) in [4.78, 5) is 23.6. The van der Waals surface area contributed by atoms with Crippen molar-refractivity contribution in [2.24, 2.45) is 0 Å². The lowest BCUT2D eigenvalue weighted by Gasteiger charge is -2.05.